The van der Waals surface area contributed by atoms with Gasteiger partial charge < -0.3 is 10.1 Å². The predicted molar refractivity (Wildman–Crippen MR) is 88.9 cm³/mol. The van der Waals surface area contributed by atoms with Crippen LogP contribution < -0.4 is 10.1 Å². The SMILES string of the molecule is Cc1cccc(NC(=O)/C=C/C2=Cc3ccccc3OC2)c1. The summed E-state index contributed by atoms with van der Waals surface area (Å²) in [5.74, 6) is 0.731. The van der Waals surface area contributed by atoms with Crippen LogP contribution in [0.2, 0.25) is 0 Å². The molecule has 0 spiro atoms. The number of fused-ring (bicyclic) bond motifs is 1. The Morgan fingerprint density at radius 3 is 2.91 bits per heavy atom. The number of aryl methyl sites for hydroxylation is 1. The molecule has 0 radical (unpaired) electrons. The first kappa shape index (κ1) is 14.1. The fourth-order valence-corrected chi connectivity index (χ4v) is 2.32. The summed E-state index contributed by atoms with van der Waals surface area (Å²) in [6.07, 6.45) is 5.36. The highest BCUT2D eigenvalue weighted by molar-refractivity contribution is 5.99. The molecular formula is C19H17NO2. The van der Waals surface area contributed by atoms with Crippen LogP contribution in [-0.2, 0) is 4.79 Å². The normalized spacial score (nSPS) is 13.2. The van der Waals surface area contributed by atoms with Crippen molar-refractivity contribution in [3.8, 4) is 5.75 Å². The molecule has 1 heterocycles. The Hall–Kier alpha value is -2.81. The van der Waals surface area contributed by atoms with Crippen LogP contribution in [0.15, 0.2) is 66.3 Å². The summed E-state index contributed by atoms with van der Waals surface area (Å²) < 4.78 is 5.65. The van der Waals surface area contributed by atoms with Crippen LogP contribution in [0.4, 0.5) is 5.69 Å². The Morgan fingerprint density at radius 2 is 2.05 bits per heavy atom. The average molecular weight is 291 g/mol. The van der Waals surface area contributed by atoms with Crippen molar-refractivity contribution in [2.75, 3.05) is 11.9 Å². The molecule has 0 atom stereocenters. The maximum Gasteiger partial charge on any atom is 0.248 e. The molecule has 3 heteroatoms. The van der Waals surface area contributed by atoms with Crippen molar-refractivity contribution in [1.29, 1.82) is 0 Å². The van der Waals surface area contributed by atoms with E-state index < -0.39 is 0 Å². The molecule has 0 saturated carbocycles. The molecule has 1 aliphatic heterocycles. The third kappa shape index (κ3) is 3.44. The highest BCUT2D eigenvalue weighted by Crippen LogP contribution is 2.25. The van der Waals surface area contributed by atoms with E-state index in [2.05, 4.69) is 5.32 Å². The lowest BCUT2D eigenvalue weighted by Crippen LogP contribution is -2.09. The summed E-state index contributed by atoms with van der Waals surface area (Å²) in [5, 5.41) is 2.85. The largest absolute Gasteiger partial charge is 0.488 e. The number of para-hydroxylation sites is 1. The van der Waals surface area contributed by atoms with E-state index in [1.807, 2.05) is 61.5 Å². The van der Waals surface area contributed by atoms with Crippen LogP contribution in [0.3, 0.4) is 0 Å². The number of carbonyl (C=O) groups excluding carboxylic acids is 1. The van der Waals surface area contributed by atoms with E-state index in [4.69, 9.17) is 4.74 Å². The third-order valence-corrected chi connectivity index (χ3v) is 3.39. The number of ether oxygens (including phenoxy) is 1. The van der Waals surface area contributed by atoms with Gasteiger partial charge in [-0.25, -0.2) is 0 Å². The van der Waals surface area contributed by atoms with Crippen molar-refractivity contribution < 1.29 is 9.53 Å². The Kier molecular flexibility index (Phi) is 4.05. The Labute approximate surface area is 129 Å². The summed E-state index contributed by atoms with van der Waals surface area (Å²) in [6.45, 7) is 2.47. The maximum absolute atomic E-state index is 11.9. The molecule has 110 valence electrons. The molecule has 0 saturated heterocycles. The van der Waals surface area contributed by atoms with Gasteiger partial charge in [0.25, 0.3) is 0 Å². The number of nitrogens with one attached hydrogen (secondary N) is 1. The van der Waals surface area contributed by atoms with E-state index in [1.54, 1.807) is 6.08 Å². The van der Waals surface area contributed by atoms with E-state index >= 15 is 0 Å². The smallest absolute Gasteiger partial charge is 0.248 e. The van der Waals surface area contributed by atoms with E-state index in [-0.39, 0.29) is 5.91 Å². The zero-order chi connectivity index (χ0) is 15.4. The molecule has 0 unspecified atom stereocenters. The topological polar surface area (TPSA) is 38.3 Å². The molecule has 1 amide bonds. The number of hydrogen-bond acceptors (Lipinski definition) is 2. The van der Waals surface area contributed by atoms with Crippen molar-refractivity contribution in [3.63, 3.8) is 0 Å². The lowest BCUT2D eigenvalue weighted by atomic mass is 10.1. The molecule has 1 aliphatic rings. The molecule has 2 aromatic carbocycles. The molecule has 2 aromatic rings. The highest BCUT2D eigenvalue weighted by Gasteiger charge is 2.08. The lowest BCUT2D eigenvalue weighted by Gasteiger charge is -2.15. The average Bonchev–Trinajstić information content (AvgIpc) is 2.53. The zero-order valence-corrected chi connectivity index (χ0v) is 12.4. The fourth-order valence-electron chi connectivity index (χ4n) is 2.32. The molecule has 0 fully saturated rings. The molecule has 3 nitrogen and oxygen atoms in total. The summed E-state index contributed by atoms with van der Waals surface area (Å²) in [4.78, 5) is 11.9. The summed E-state index contributed by atoms with van der Waals surface area (Å²) in [6, 6.07) is 15.6. The summed E-state index contributed by atoms with van der Waals surface area (Å²) in [5.41, 5.74) is 3.92. The maximum atomic E-state index is 11.9. The van der Waals surface area contributed by atoms with Crippen LogP contribution in [0.1, 0.15) is 11.1 Å². The quantitative estimate of drug-likeness (QED) is 0.869. The first-order chi connectivity index (χ1) is 10.7. The van der Waals surface area contributed by atoms with Gasteiger partial charge in [0.15, 0.2) is 0 Å². The van der Waals surface area contributed by atoms with Crippen molar-refractivity contribution in [1.82, 2.24) is 0 Å². The van der Waals surface area contributed by atoms with E-state index in [0.29, 0.717) is 6.61 Å². The third-order valence-electron chi connectivity index (χ3n) is 3.39. The van der Waals surface area contributed by atoms with Gasteiger partial charge in [0.2, 0.25) is 5.91 Å². The number of amides is 1. The highest BCUT2D eigenvalue weighted by atomic mass is 16.5. The molecule has 3 rings (SSSR count). The minimum Gasteiger partial charge on any atom is -0.488 e. The van der Waals surface area contributed by atoms with Gasteiger partial charge in [-0.15, -0.1) is 0 Å². The molecule has 1 N–H and O–H groups in total. The fraction of sp³-hybridized carbons (Fsp3) is 0.105. The predicted octanol–water partition coefficient (Wildman–Crippen LogP) is 3.97. The van der Waals surface area contributed by atoms with Crippen LogP contribution >= 0.6 is 0 Å². The molecule has 0 aromatic heterocycles. The van der Waals surface area contributed by atoms with Gasteiger partial charge in [-0.05, 0) is 42.3 Å². The molecule has 0 aliphatic carbocycles. The minimum absolute atomic E-state index is 0.148. The molecular weight excluding hydrogens is 274 g/mol. The van der Waals surface area contributed by atoms with Crippen LogP contribution in [-0.4, -0.2) is 12.5 Å². The standard InChI is InChI=1S/C19H17NO2/c1-14-5-4-7-17(11-14)20-19(21)10-9-15-12-16-6-2-3-8-18(16)22-13-15/h2-12H,13H2,1H3,(H,20,21)/b10-9+. The first-order valence-electron chi connectivity index (χ1n) is 7.19. The van der Waals surface area contributed by atoms with Gasteiger partial charge in [0, 0.05) is 17.3 Å². The monoisotopic (exact) mass is 291 g/mol. The summed E-state index contributed by atoms with van der Waals surface area (Å²) >= 11 is 0. The van der Waals surface area contributed by atoms with Gasteiger partial charge in [-0.3, -0.25) is 4.79 Å². The minimum atomic E-state index is -0.148. The lowest BCUT2D eigenvalue weighted by molar-refractivity contribution is -0.111. The van der Waals surface area contributed by atoms with Crippen LogP contribution in [0, 0.1) is 6.92 Å². The Balaban J connectivity index is 1.67. The second kappa shape index (κ2) is 6.31. The molecule has 0 bridgehead atoms. The van der Waals surface area contributed by atoms with E-state index in [0.717, 1.165) is 28.1 Å². The van der Waals surface area contributed by atoms with Crippen LogP contribution in [0.5, 0.6) is 5.75 Å². The second-order valence-electron chi connectivity index (χ2n) is 5.24. The Morgan fingerprint density at radius 1 is 1.18 bits per heavy atom. The Bertz CT molecular complexity index is 760. The van der Waals surface area contributed by atoms with Crippen molar-refractivity contribution in [2.24, 2.45) is 0 Å². The number of rotatable bonds is 3. The van der Waals surface area contributed by atoms with Crippen molar-refractivity contribution in [3.05, 3.63) is 77.4 Å². The van der Waals surface area contributed by atoms with Gasteiger partial charge in [-0.2, -0.15) is 0 Å². The second-order valence-corrected chi connectivity index (χ2v) is 5.24. The number of carbonyl (C=O) groups is 1. The first-order valence-corrected chi connectivity index (χ1v) is 7.19. The molecule has 22 heavy (non-hydrogen) atoms. The van der Waals surface area contributed by atoms with Crippen LogP contribution in [0.25, 0.3) is 6.08 Å². The van der Waals surface area contributed by atoms with E-state index in [9.17, 15) is 4.79 Å². The van der Waals surface area contributed by atoms with Crippen molar-refractivity contribution in [2.45, 2.75) is 6.92 Å². The van der Waals surface area contributed by atoms with Crippen molar-refractivity contribution >= 4 is 17.7 Å². The van der Waals surface area contributed by atoms with Gasteiger partial charge in [0.05, 0.1) is 0 Å². The van der Waals surface area contributed by atoms with E-state index in [1.165, 1.54) is 6.08 Å². The number of anilines is 1. The summed E-state index contributed by atoms with van der Waals surface area (Å²) in [7, 11) is 0. The zero-order valence-electron chi connectivity index (χ0n) is 12.4. The number of benzene rings is 2. The number of hydrogen-bond donors (Lipinski definition) is 1. The van der Waals surface area contributed by atoms with Gasteiger partial charge >= 0.3 is 0 Å². The van der Waals surface area contributed by atoms with Gasteiger partial charge in [-0.1, -0.05) is 36.4 Å². The van der Waals surface area contributed by atoms with Gasteiger partial charge in [0.1, 0.15) is 12.4 Å².